The molecule has 0 bridgehead atoms. The van der Waals surface area contributed by atoms with Crippen LogP contribution in [0.25, 0.3) is 5.69 Å². The number of rotatable bonds is 3. The fraction of sp³-hybridized carbons (Fsp3) is 0.400. The van der Waals surface area contributed by atoms with Gasteiger partial charge in [0.1, 0.15) is 0 Å². The maximum Gasteiger partial charge on any atom is 0.0910 e. The molecule has 2 heterocycles. The van der Waals surface area contributed by atoms with Crippen molar-refractivity contribution in [2.75, 3.05) is 26.7 Å². The number of likely N-dealkylation sites (N-methyl/N-ethyl adjacent to an activating group) is 1. The molecular weight excluding hydrogens is 252 g/mol. The molecule has 2 atom stereocenters. The van der Waals surface area contributed by atoms with Crippen molar-refractivity contribution in [3.05, 3.63) is 48.3 Å². The molecule has 0 spiro atoms. The summed E-state index contributed by atoms with van der Waals surface area (Å²) in [4.78, 5) is 2.25. The second-order valence-corrected chi connectivity index (χ2v) is 5.20. The number of nitrogens with two attached hydrogens (primary N) is 1. The molecule has 1 saturated heterocycles. The van der Waals surface area contributed by atoms with E-state index in [-0.39, 0.29) is 12.1 Å². The maximum atomic E-state index is 6.40. The number of ether oxygens (including phenoxy) is 1. The fourth-order valence-corrected chi connectivity index (χ4v) is 2.57. The lowest BCUT2D eigenvalue weighted by Gasteiger charge is -2.33. The summed E-state index contributed by atoms with van der Waals surface area (Å²) < 4.78 is 7.71. The molecule has 1 fully saturated rings. The third-order valence-electron chi connectivity index (χ3n) is 3.71. The lowest BCUT2D eigenvalue weighted by molar-refractivity contribution is -0.0335. The number of para-hydroxylation sites is 1. The van der Waals surface area contributed by atoms with E-state index >= 15 is 0 Å². The van der Waals surface area contributed by atoms with E-state index in [1.54, 1.807) is 6.20 Å². The summed E-state index contributed by atoms with van der Waals surface area (Å²) in [6.07, 6.45) is 1.79. The number of nitrogens with zero attached hydrogens (tertiary/aromatic N) is 3. The zero-order valence-corrected chi connectivity index (χ0v) is 11.6. The van der Waals surface area contributed by atoms with Crippen LogP contribution in [0.2, 0.25) is 0 Å². The van der Waals surface area contributed by atoms with Gasteiger partial charge in [0.05, 0.1) is 30.1 Å². The Morgan fingerprint density at radius 3 is 2.85 bits per heavy atom. The Morgan fingerprint density at radius 1 is 1.30 bits per heavy atom. The molecule has 3 rings (SSSR count). The van der Waals surface area contributed by atoms with Crippen LogP contribution in [0.15, 0.2) is 42.6 Å². The van der Waals surface area contributed by atoms with E-state index in [1.807, 2.05) is 41.1 Å². The molecule has 2 aromatic rings. The first-order valence-electron chi connectivity index (χ1n) is 6.91. The third kappa shape index (κ3) is 2.60. The first-order valence-corrected chi connectivity index (χ1v) is 6.91. The summed E-state index contributed by atoms with van der Waals surface area (Å²) in [6, 6.07) is 11.8. The van der Waals surface area contributed by atoms with Gasteiger partial charge in [-0.1, -0.05) is 18.2 Å². The van der Waals surface area contributed by atoms with Crippen molar-refractivity contribution in [3.8, 4) is 5.69 Å². The highest BCUT2D eigenvalue weighted by molar-refractivity contribution is 5.33. The minimum Gasteiger partial charge on any atom is -0.374 e. The summed E-state index contributed by atoms with van der Waals surface area (Å²) in [5.74, 6) is 0. The molecule has 106 valence electrons. The van der Waals surface area contributed by atoms with E-state index < -0.39 is 0 Å². The van der Waals surface area contributed by atoms with Crippen LogP contribution in [0.1, 0.15) is 11.7 Å². The van der Waals surface area contributed by atoms with Gasteiger partial charge in [-0.05, 0) is 25.2 Å². The zero-order valence-electron chi connectivity index (χ0n) is 11.6. The van der Waals surface area contributed by atoms with Crippen LogP contribution in [-0.2, 0) is 4.74 Å². The highest BCUT2D eigenvalue weighted by Gasteiger charge is 2.27. The molecule has 0 radical (unpaired) electrons. The molecular formula is C15H20N4O. The van der Waals surface area contributed by atoms with Gasteiger partial charge in [0.2, 0.25) is 0 Å². The number of hydrogen-bond acceptors (Lipinski definition) is 4. The molecule has 1 aromatic heterocycles. The Kier molecular flexibility index (Phi) is 3.82. The minimum atomic E-state index is -0.180. The van der Waals surface area contributed by atoms with Crippen molar-refractivity contribution in [2.45, 2.75) is 12.1 Å². The molecule has 1 aliphatic heterocycles. The Hall–Kier alpha value is -1.69. The van der Waals surface area contributed by atoms with Crippen LogP contribution in [0.3, 0.4) is 0 Å². The first-order chi connectivity index (χ1) is 9.75. The Labute approximate surface area is 118 Å². The predicted octanol–water partition coefficient (Wildman–Crippen LogP) is 1.20. The molecule has 5 heteroatoms. The zero-order chi connectivity index (χ0) is 13.9. The number of morpholine rings is 1. The molecule has 0 aliphatic carbocycles. The molecule has 0 amide bonds. The van der Waals surface area contributed by atoms with Gasteiger partial charge >= 0.3 is 0 Å². The molecule has 5 nitrogen and oxygen atoms in total. The van der Waals surface area contributed by atoms with Gasteiger partial charge in [0, 0.05) is 19.3 Å². The van der Waals surface area contributed by atoms with E-state index in [2.05, 4.69) is 17.0 Å². The number of benzene rings is 1. The highest BCUT2D eigenvalue weighted by Crippen LogP contribution is 2.22. The quantitative estimate of drug-likeness (QED) is 0.912. The monoisotopic (exact) mass is 272 g/mol. The second kappa shape index (κ2) is 5.75. The van der Waals surface area contributed by atoms with Gasteiger partial charge in [0.25, 0.3) is 0 Å². The molecule has 1 aromatic carbocycles. The van der Waals surface area contributed by atoms with Crippen LogP contribution in [0.5, 0.6) is 0 Å². The van der Waals surface area contributed by atoms with Gasteiger partial charge in [0.15, 0.2) is 0 Å². The van der Waals surface area contributed by atoms with E-state index in [0.29, 0.717) is 0 Å². The maximum absolute atomic E-state index is 6.40. The average molecular weight is 272 g/mol. The Balaban J connectivity index is 1.86. The van der Waals surface area contributed by atoms with Crippen molar-refractivity contribution in [3.63, 3.8) is 0 Å². The fourth-order valence-electron chi connectivity index (χ4n) is 2.57. The van der Waals surface area contributed by atoms with Crippen LogP contribution < -0.4 is 5.73 Å². The molecule has 20 heavy (non-hydrogen) atoms. The Morgan fingerprint density at radius 2 is 2.10 bits per heavy atom. The lowest BCUT2D eigenvalue weighted by atomic mass is 10.1. The number of hydrogen-bond donors (Lipinski definition) is 1. The smallest absolute Gasteiger partial charge is 0.0910 e. The van der Waals surface area contributed by atoms with Crippen molar-refractivity contribution in [1.29, 1.82) is 0 Å². The van der Waals surface area contributed by atoms with Gasteiger partial charge in [-0.25, -0.2) is 4.68 Å². The average Bonchev–Trinajstić information content (AvgIpc) is 2.97. The highest BCUT2D eigenvalue weighted by atomic mass is 16.5. The van der Waals surface area contributed by atoms with Crippen molar-refractivity contribution < 1.29 is 4.74 Å². The minimum absolute atomic E-state index is 0.00733. The lowest BCUT2D eigenvalue weighted by Crippen LogP contribution is -2.45. The van der Waals surface area contributed by atoms with Crippen molar-refractivity contribution >= 4 is 0 Å². The normalized spacial score (nSPS) is 21.8. The Bertz CT molecular complexity index is 554. The van der Waals surface area contributed by atoms with Crippen LogP contribution in [-0.4, -0.2) is 47.5 Å². The molecule has 0 saturated carbocycles. The van der Waals surface area contributed by atoms with Crippen LogP contribution in [0, 0.1) is 0 Å². The largest absolute Gasteiger partial charge is 0.374 e. The standard InChI is InChI=1S/C15H20N4O/c1-18-9-10-20-14(11-18)15(16)13-7-8-17-19(13)12-5-3-2-4-6-12/h2-8,14-15H,9-11,16H2,1H3. The number of aromatic nitrogens is 2. The summed E-state index contributed by atoms with van der Waals surface area (Å²) in [6.45, 7) is 2.54. The van der Waals surface area contributed by atoms with E-state index in [1.165, 1.54) is 0 Å². The molecule has 1 aliphatic rings. The summed E-state index contributed by atoms with van der Waals surface area (Å²) in [7, 11) is 2.09. The van der Waals surface area contributed by atoms with Gasteiger partial charge < -0.3 is 15.4 Å². The van der Waals surface area contributed by atoms with Crippen LogP contribution in [0.4, 0.5) is 0 Å². The third-order valence-corrected chi connectivity index (χ3v) is 3.71. The van der Waals surface area contributed by atoms with E-state index in [9.17, 15) is 0 Å². The topological polar surface area (TPSA) is 56.3 Å². The van der Waals surface area contributed by atoms with Gasteiger partial charge in [-0.3, -0.25) is 0 Å². The van der Waals surface area contributed by atoms with Crippen molar-refractivity contribution in [2.24, 2.45) is 5.73 Å². The van der Waals surface area contributed by atoms with Crippen LogP contribution >= 0.6 is 0 Å². The molecule has 2 N–H and O–H groups in total. The van der Waals surface area contributed by atoms with E-state index in [4.69, 9.17) is 10.5 Å². The summed E-state index contributed by atoms with van der Waals surface area (Å²) in [5, 5.41) is 4.39. The first kappa shape index (κ1) is 13.3. The molecule has 2 unspecified atom stereocenters. The van der Waals surface area contributed by atoms with Crippen molar-refractivity contribution in [1.82, 2.24) is 14.7 Å². The predicted molar refractivity (Wildman–Crippen MR) is 77.7 cm³/mol. The van der Waals surface area contributed by atoms with Gasteiger partial charge in [-0.2, -0.15) is 5.10 Å². The second-order valence-electron chi connectivity index (χ2n) is 5.20. The SMILES string of the molecule is CN1CCOC(C(N)c2ccnn2-c2ccccc2)C1. The van der Waals surface area contributed by atoms with Gasteiger partial charge in [-0.15, -0.1) is 0 Å². The van der Waals surface area contributed by atoms with E-state index in [0.717, 1.165) is 31.1 Å². The summed E-state index contributed by atoms with van der Waals surface area (Å²) in [5.41, 5.74) is 8.41. The summed E-state index contributed by atoms with van der Waals surface area (Å²) >= 11 is 0.